The van der Waals surface area contributed by atoms with Crippen LogP contribution in [0.25, 0.3) is 0 Å². The summed E-state index contributed by atoms with van der Waals surface area (Å²) in [7, 11) is 0. The predicted octanol–water partition coefficient (Wildman–Crippen LogP) is 0.264. The van der Waals surface area contributed by atoms with E-state index in [1.807, 2.05) is 0 Å². The molecule has 0 aromatic rings. The van der Waals surface area contributed by atoms with Crippen LogP contribution in [-0.2, 0) is 14.3 Å². The Morgan fingerprint density at radius 1 is 1.44 bits per heavy atom. The molecule has 0 aliphatic rings. The second-order valence-electron chi connectivity index (χ2n) is 4.48. The van der Waals surface area contributed by atoms with Crippen LogP contribution in [0.4, 0.5) is 0 Å². The molecule has 0 aromatic heterocycles. The molecule has 5 heteroatoms. The molecule has 0 saturated carbocycles. The molecule has 0 spiro atoms. The first-order valence-corrected chi connectivity index (χ1v) is 5.46. The Bertz CT molecular complexity index is 229. The van der Waals surface area contributed by atoms with Crippen molar-refractivity contribution >= 4 is 12.3 Å². The monoisotopic (exact) mass is 229 g/mol. The number of nitrogens with two attached hydrogens (primary N) is 2. The van der Waals surface area contributed by atoms with Crippen LogP contribution in [0.15, 0.2) is 0 Å². The van der Waals surface area contributed by atoms with E-state index in [0.717, 1.165) is 12.8 Å². The largest absolute Gasteiger partial charge is 0.451 e. The SMILES string of the molecule is CC(C)(CC(=O)[C@@H](N)CCCCN)O[C]=O. The van der Waals surface area contributed by atoms with E-state index in [1.54, 1.807) is 13.8 Å². The minimum atomic E-state index is -0.829. The Morgan fingerprint density at radius 3 is 2.56 bits per heavy atom. The lowest BCUT2D eigenvalue weighted by molar-refractivity contribution is -0.123. The van der Waals surface area contributed by atoms with Crippen molar-refractivity contribution < 1.29 is 14.3 Å². The van der Waals surface area contributed by atoms with Crippen molar-refractivity contribution in [3.8, 4) is 0 Å². The standard InChI is InChI=1S/C11H21N2O3/c1-11(2,16-8-14)7-10(15)9(13)5-3-4-6-12/h9H,3-7,12-13H2,1-2H3/t9-/m0/s1. The zero-order valence-corrected chi connectivity index (χ0v) is 9.99. The van der Waals surface area contributed by atoms with Crippen LogP contribution in [0.2, 0.25) is 0 Å². The summed E-state index contributed by atoms with van der Waals surface area (Å²) in [5.74, 6) is -0.0997. The van der Waals surface area contributed by atoms with E-state index < -0.39 is 11.6 Å². The van der Waals surface area contributed by atoms with E-state index in [0.29, 0.717) is 13.0 Å². The maximum absolute atomic E-state index is 11.7. The number of Topliss-reactive ketones (excluding diaryl/α,β-unsaturated/α-hetero) is 1. The lowest BCUT2D eigenvalue weighted by atomic mass is 9.95. The van der Waals surface area contributed by atoms with Crippen molar-refractivity contribution in [3.05, 3.63) is 0 Å². The summed E-state index contributed by atoms with van der Waals surface area (Å²) < 4.78 is 4.67. The van der Waals surface area contributed by atoms with Gasteiger partial charge in [-0.1, -0.05) is 6.42 Å². The number of hydrogen-bond donors (Lipinski definition) is 2. The molecule has 16 heavy (non-hydrogen) atoms. The first-order chi connectivity index (χ1) is 7.43. The van der Waals surface area contributed by atoms with Crippen molar-refractivity contribution in [1.29, 1.82) is 0 Å². The van der Waals surface area contributed by atoms with Gasteiger partial charge in [-0.2, -0.15) is 0 Å². The highest BCUT2D eigenvalue weighted by atomic mass is 16.5. The van der Waals surface area contributed by atoms with Crippen LogP contribution < -0.4 is 11.5 Å². The second kappa shape index (κ2) is 7.35. The molecule has 4 N–H and O–H groups in total. The molecule has 1 radical (unpaired) electrons. The maximum Gasteiger partial charge on any atom is 0.418 e. The van der Waals surface area contributed by atoms with E-state index in [-0.39, 0.29) is 12.2 Å². The molecule has 0 aromatic carbocycles. The fourth-order valence-electron chi connectivity index (χ4n) is 1.37. The van der Waals surface area contributed by atoms with Gasteiger partial charge in [0.15, 0.2) is 5.78 Å². The van der Waals surface area contributed by atoms with Crippen molar-refractivity contribution in [2.75, 3.05) is 6.54 Å². The van der Waals surface area contributed by atoms with Crippen LogP contribution in [0.5, 0.6) is 0 Å². The van der Waals surface area contributed by atoms with Gasteiger partial charge in [0.1, 0.15) is 5.60 Å². The smallest absolute Gasteiger partial charge is 0.418 e. The molecule has 93 valence electrons. The molecule has 0 bridgehead atoms. The average molecular weight is 229 g/mol. The molecule has 0 aliphatic carbocycles. The minimum Gasteiger partial charge on any atom is -0.451 e. The van der Waals surface area contributed by atoms with Gasteiger partial charge in [-0.25, -0.2) is 4.79 Å². The number of carbonyl (C=O) groups is 1. The van der Waals surface area contributed by atoms with Crippen LogP contribution in [0.3, 0.4) is 0 Å². The lowest BCUT2D eigenvalue weighted by Gasteiger charge is -2.22. The molecule has 0 unspecified atom stereocenters. The van der Waals surface area contributed by atoms with E-state index >= 15 is 0 Å². The number of rotatable bonds is 9. The van der Waals surface area contributed by atoms with Gasteiger partial charge in [-0.15, -0.1) is 0 Å². The van der Waals surface area contributed by atoms with Crippen molar-refractivity contribution in [3.63, 3.8) is 0 Å². The van der Waals surface area contributed by atoms with Gasteiger partial charge in [-0.3, -0.25) is 4.79 Å². The third kappa shape index (κ3) is 6.53. The van der Waals surface area contributed by atoms with Gasteiger partial charge in [0.25, 0.3) is 0 Å². The van der Waals surface area contributed by atoms with E-state index in [1.165, 1.54) is 6.47 Å². The van der Waals surface area contributed by atoms with Crippen LogP contribution in [-0.4, -0.2) is 30.4 Å². The summed E-state index contributed by atoms with van der Waals surface area (Å²) >= 11 is 0. The van der Waals surface area contributed by atoms with Gasteiger partial charge in [-0.05, 0) is 33.2 Å². The molecular formula is C11H21N2O3. The average Bonchev–Trinajstić information content (AvgIpc) is 2.16. The highest BCUT2D eigenvalue weighted by molar-refractivity contribution is 5.84. The summed E-state index contributed by atoms with van der Waals surface area (Å²) in [6.07, 6.45) is 2.44. The van der Waals surface area contributed by atoms with E-state index in [9.17, 15) is 9.59 Å². The number of ether oxygens (including phenoxy) is 1. The summed E-state index contributed by atoms with van der Waals surface area (Å²) in [5.41, 5.74) is 10.2. The topological polar surface area (TPSA) is 95.4 Å². The molecule has 0 saturated heterocycles. The van der Waals surface area contributed by atoms with Gasteiger partial charge < -0.3 is 16.2 Å². The summed E-state index contributed by atoms with van der Waals surface area (Å²) in [6.45, 7) is 5.26. The van der Waals surface area contributed by atoms with Gasteiger partial charge in [0.05, 0.1) is 6.04 Å². The third-order valence-electron chi connectivity index (χ3n) is 2.30. The first kappa shape index (κ1) is 15.1. The second-order valence-corrected chi connectivity index (χ2v) is 4.48. The van der Waals surface area contributed by atoms with Gasteiger partial charge >= 0.3 is 6.47 Å². The molecule has 5 nitrogen and oxygen atoms in total. The maximum atomic E-state index is 11.7. The van der Waals surface area contributed by atoms with Crippen LogP contribution >= 0.6 is 0 Å². The Hall–Kier alpha value is -0.940. The summed E-state index contributed by atoms with van der Waals surface area (Å²) in [4.78, 5) is 21.7. The highest BCUT2D eigenvalue weighted by Gasteiger charge is 2.26. The summed E-state index contributed by atoms with van der Waals surface area (Å²) in [5, 5.41) is 0. The normalized spacial score (nSPS) is 13.2. The van der Waals surface area contributed by atoms with E-state index in [4.69, 9.17) is 11.5 Å². The quantitative estimate of drug-likeness (QED) is 0.553. The van der Waals surface area contributed by atoms with E-state index in [2.05, 4.69) is 4.74 Å². The Balaban J connectivity index is 3.99. The van der Waals surface area contributed by atoms with Crippen LogP contribution in [0, 0.1) is 0 Å². The number of carbonyl (C=O) groups excluding carboxylic acids is 2. The van der Waals surface area contributed by atoms with Gasteiger partial charge in [0, 0.05) is 6.42 Å². The third-order valence-corrected chi connectivity index (χ3v) is 2.30. The van der Waals surface area contributed by atoms with Gasteiger partial charge in [0.2, 0.25) is 0 Å². The summed E-state index contributed by atoms with van der Waals surface area (Å²) in [6, 6.07) is -0.499. The lowest BCUT2D eigenvalue weighted by Crippen LogP contribution is -2.37. The molecule has 0 rings (SSSR count). The molecule has 1 atom stereocenters. The molecule has 0 amide bonds. The minimum absolute atomic E-state index is 0.0997. The van der Waals surface area contributed by atoms with Crippen molar-refractivity contribution in [1.82, 2.24) is 0 Å². The predicted molar refractivity (Wildman–Crippen MR) is 61.4 cm³/mol. The zero-order valence-electron chi connectivity index (χ0n) is 9.99. The van der Waals surface area contributed by atoms with Crippen LogP contribution in [0.1, 0.15) is 39.5 Å². The fourth-order valence-corrected chi connectivity index (χ4v) is 1.37. The molecular weight excluding hydrogens is 208 g/mol. The number of ketones is 1. The fraction of sp³-hybridized carbons (Fsp3) is 0.818. The zero-order chi connectivity index (χ0) is 12.6. The Morgan fingerprint density at radius 2 is 2.06 bits per heavy atom. The molecule has 0 heterocycles. The number of hydrogen-bond acceptors (Lipinski definition) is 5. The van der Waals surface area contributed by atoms with Crippen molar-refractivity contribution in [2.45, 2.75) is 51.2 Å². The highest BCUT2D eigenvalue weighted by Crippen LogP contribution is 2.15. The Kier molecular flexibility index (Phi) is 6.92. The molecule has 0 aliphatic heterocycles. The van der Waals surface area contributed by atoms with Crippen molar-refractivity contribution in [2.24, 2.45) is 11.5 Å². The Labute approximate surface area is 96.5 Å². The molecule has 0 fully saturated rings. The first-order valence-electron chi connectivity index (χ1n) is 5.46. The number of unbranched alkanes of at least 4 members (excludes halogenated alkanes) is 1.